The molecule has 8 nitrogen and oxygen atoms in total. The fourth-order valence-electron chi connectivity index (χ4n) is 4.21. The molecule has 2 heterocycles. The molecular formula is C27H28N4O4. The van der Waals surface area contributed by atoms with Crippen LogP contribution in [-0.2, 0) is 16.0 Å². The molecule has 0 aliphatic heterocycles. The van der Waals surface area contributed by atoms with Gasteiger partial charge in [0, 0.05) is 16.8 Å². The lowest BCUT2D eigenvalue weighted by molar-refractivity contribution is 0.00625. The van der Waals surface area contributed by atoms with Crippen LogP contribution in [-0.4, -0.2) is 44.2 Å². The largest absolute Gasteiger partial charge is 0.465 e. The van der Waals surface area contributed by atoms with Crippen LogP contribution in [0.5, 0.6) is 0 Å². The van der Waals surface area contributed by atoms with Gasteiger partial charge < -0.3 is 14.0 Å². The average Bonchev–Trinajstić information content (AvgIpc) is 3.46. The van der Waals surface area contributed by atoms with Crippen molar-refractivity contribution >= 4 is 22.8 Å². The van der Waals surface area contributed by atoms with E-state index >= 15 is 0 Å². The highest BCUT2D eigenvalue weighted by atomic mass is 16.6. The lowest BCUT2D eigenvalue weighted by Gasteiger charge is -2.18. The molecule has 0 radical (unpaired) electrons. The number of ether oxygens (including phenoxy) is 2. The van der Waals surface area contributed by atoms with Crippen molar-refractivity contribution in [3.8, 4) is 5.69 Å². The summed E-state index contributed by atoms with van der Waals surface area (Å²) in [6.07, 6.45) is 4.08. The summed E-state index contributed by atoms with van der Waals surface area (Å²) in [7, 11) is 1.37. The molecule has 0 saturated heterocycles. The quantitative estimate of drug-likeness (QED) is 0.371. The summed E-state index contributed by atoms with van der Waals surface area (Å²) in [5.74, 6) is -0.227. The molecule has 0 amide bonds. The molecule has 0 spiro atoms. The van der Waals surface area contributed by atoms with Crippen molar-refractivity contribution in [3.05, 3.63) is 77.2 Å². The molecule has 180 valence electrons. The fraction of sp³-hybridized carbons (Fsp3) is 0.333. The van der Waals surface area contributed by atoms with Crippen LogP contribution in [0, 0.1) is 0 Å². The van der Waals surface area contributed by atoms with Crippen molar-refractivity contribution < 1.29 is 19.1 Å². The van der Waals surface area contributed by atoms with Crippen LogP contribution in [0.3, 0.4) is 0 Å². The third-order valence-corrected chi connectivity index (χ3v) is 5.97. The smallest absolute Gasteiger partial charge is 0.361 e. The maximum absolute atomic E-state index is 12.4. The molecule has 1 aliphatic carbocycles. The van der Waals surface area contributed by atoms with E-state index in [0.29, 0.717) is 18.0 Å². The van der Waals surface area contributed by atoms with Crippen molar-refractivity contribution in [2.24, 2.45) is 0 Å². The summed E-state index contributed by atoms with van der Waals surface area (Å²) in [4.78, 5) is 24.3. The Morgan fingerprint density at radius 3 is 2.43 bits per heavy atom. The number of aromatic nitrogens is 4. The van der Waals surface area contributed by atoms with Gasteiger partial charge in [0.2, 0.25) is 0 Å². The Morgan fingerprint density at radius 2 is 1.77 bits per heavy atom. The number of esters is 2. The first-order valence-electron chi connectivity index (χ1n) is 11.7. The number of rotatable bonds is 6. The molecule has 1 saturated carbocycles. The van der Waals surface area contributed by atoms with Crippen LogP contribution >= 0.6 is 0 Å². The van der Waals surface area contributed by atoms with Crippen molar-refractivity contribution in [1.29, 1.82) is 0 Å². The maximum Gasteiger partial charge on any atom is 0.361 e. The highest BCUT2D eigenvalue weighted by Gasteiger charge is 2.25. The minimum absolute atomic E-state index is 0.168. The Kier molecular flexibility index (Phi) is 5.67. The second-order valence-corrected chi connectivity index (χ2v) is 9.91. The van der Waals surface area contributed by atoms with Crippen molar-refractivity contribution in [1.82, 2.24) is 19.6 Å². The normalized spacial score (nSPS) is 13.7. The monoisotopic (exact) mass is 472 g/mol. The second-order valence-electron chi connectivity index (χ2n) is 9.91. The molecule has 4 aromatic rings. The lowest BCUT2D eigenvalue weighted by atomic mass is 10.1. The third kappa shape index (κ3) is 4.82. The fourth-order valence-corrected chi connectivity index (χ4v) is 4.21. The van der Waals surface area contributed by atoms with Gasteiger partial charge >= 0.3 is 11.9 Å². The Morgan fingerprint density at radius 1 is 1.03 bits per heavy atom. The van der Waals surface area contributed by atoms with E-state index in [9.17, 15) is 9.59 Å². The van der Waals surface area contributed by atoms with Gasteiger partial charge in [0.1, 0.15) is 5.60 Å². The number of fused-ring (bicyclic) bond motifs is 1. The molecule has 0 atom stereocenters. The molecule has 35 heavy (non-hydrogen) atoms. The van der Waals surface area contributed by atoms with Crippen LogP contribution in [0.2, 0.25) is 0 Å². The van der Waals surface area contributed by atoms with E-state index in [4.69, 9.17) is 9.47 Å². The Labute approximate surface area is 203 Å². The van der Waals surface area contributed by atoms with Gasteiger partial charge in [0.15, 0.2) is 5.69 Å². The number of methoxy groups -OCH3 is 1. The lowest BCUT2D eigenvalue weighted by Crippen LogP contribution is -2.24. The summed E-state index contributed by atoms with van der Waals surface area (Å²) >= 11 is 0. The van der Waals surface area contributed by atoms with Crippen molar-refractivity contribution in [3.63, 3.8) is 0 Å². The zero-order valence-electron chi connectivity index (χ0n) is 20.3. The predicted octanol–water partition coefficient (Wildman–Crippen LogP) is 4.89. The molecule has 1 aliphatic rings. The zero-order valence-corrected chi connectivity index (χ0v) is 20.3. The first kappa shape index (κ1) is 22.8. The summed E-state index contributed by atoms with van der Waals surface area (Å²) in [6.45, 7) is 5.85. The molecule has 8 heteroatoms. The van der Waals surface area contributed by atoms with Crippen LogP contribution in [0.15, 0.2) is 54.7 Å². The molecule has 1 fully saturated rings. The number of hydrogen-bond acceptors (Lipinski definition) is 6. The number of nitrogens with zero attached hydrogens (tertiary/aromatic N) is 4. The van der Waals surface area contributed by atoms with E-state index in [1.54, 1.807) is 23.0 Å². The van der Waals surface area contributed by atoms with Gasteiger partial charge in [-0.1, -0.05) is 11.3 Å². The summed E-state index contributed by atoms with van der Waals surface area (Å²) in [5, 5.41) is 9.31. The summed E-state index contributed by atoms with van der Waals surface area (Å²) < 4.78 is 14.0. The van der Waals surface area contributed by atoms with E-state index in [2.05, 4.69) is 39.1 Å². The number of benzene rings is 2. The third-order valence-electron chi connectivity index (χ3n) is 5.97. The van der Waals surface area contributed by atoms with E-state index in [0.717, 1.165) is 22.3 Å². The molecule has 5 rings (SSSR count). The zero-order chi connectivity index (χ0) is 24.7. The molecule has 0 bridgehead atoms. The predicted molar refractivity (Wildman–Crippen MR) is 131 cm³/mol. The van der Waals surface area contributed by atoms with Gasteiger partial charge in [-0.2, -0.15) is 0 Å². The summed E-state index contributed by atoms with van der Waals surface area (Å²) in [5.41, 5.74) is 4.35. The number of hydrogen-bond donors (Lipinski definition) is 0. The van der Waals surface area contributed by atoms with Gasteiger partial charge in [0.05, 0.1) is 30.9 Å². The maximum atomic E-state index is 12.4. The van der Waals surface area contributed by atoms with Crippen LogP contribution in [0.25, 0.3) is 16.6 Å². The number of carbonyl (C=O) groups is 2. The van der Waals surface area contributed by atoms with Crippen molar-refractivity contribution in [2.45, 2.75) is 51.7 Å². The Hall–Kier alpha value is -3.94. The Bertz CT molecular complexity index is 1410. The van der Waals surface area contributed by atoms with Crippen LogP contribution in [0.1, 0.15) is 71.6 Å². The molecular weight excluding hydrogens is 444 g/mol. The molecule has 2 aromatic carbocycles. The molecule has 2 aromatic heterocycles. The average molecular weight is 473 g/mol. The van der Waals surface area contributed by atoms with E-state index in [-0.39, 0.29) is 11.7 Å². The highest BCUT2D eigenvalue weighted by Crippen LogP contribution is 2.41. The van der Waals surface area contributed by atoms with Gasteiger partial charge in [-0.25, -0.2) is 14.3 Å². The number of carbonyl (C=O) groups excluding carboxylic acids is 2. The van der Waals surface area contributed by atoms with E-state index in [1.165, 1.54) is 25.5 Å². The molecule has 0 unspecified atom stereocenters. The van der Waals surface area contributed by atoms with Gasteiger partial charge in [0.25, 0.3) is 0 Å². The van der Waals surface area contributed by atoms with Gasteiger partial charge in [-0.05, 0) is 87.6 Å². The minimum atomic E-state index is -0.608. The minimum Gasteiger partial charge on any atom is -0.465 e. The topological polar surface area (TPSA) is 88.2 Å². The first-order chi connectivity index (χ1) is 16.7. The first-order valence-corrected chi connectivity index (χ1v) is 11.7. The van der Waals surface area contributed by atoms with E-state index < -0.39 is 11.6 Å². The van der Waals surface area contributed by atoms with Gasteiger partial charge in [-0.3, -0.25) is 0 Å². The highest BCUT2D eigenvalue weighted by molar-refractivity contribution is 5.90. The van der Waals surface area contributed by atoms with Crippen LogP contribution in [0.4, 0.5) is 0 Å². The van der Waals surface area contributed by atoms with E-state index in [1.807, 2.05) is 32.9 Å². The van der Waals surface area contributed by atoms with Gasteiger partial charge in [-0.15, -0.1) is 5.10 Å². The SMILES string of the molecule is COC(=O)c1ccc(-n2c(Cn3cc(C(=O)OC(C)(C)C)nn3)cc3cc(C4CC4)ccc32)cc1. The standard InChI is InChI=1S/C27H28N4O4/c1-27(2,3)35-26(33)23-16-30(29-28-23)15-22-14-20-13-19(17-5-6-17)9-12-24(20)31(22)21-10-7-18(8-11-21)25(32)34-4/h7-14,16-17H,5-6,15H2,1-4H3. The molecule has 0 N–H and O–H groups in total. The Balaban J connectivity index is 1.52. The van der Waals surface area contributed by atoms with Crippen LogP contribution < -0.4 is 0 Å². The summed E-state index contributed by atoms with van der Waals surface area (Å²) in [6, 6.07) is 16.0. The second kappa shape index (κ2) is 8.69. The van der Waals surface area contributed by atoms with Crippen molar-refractivity contribution in [2.75, 3.05) is 7.11 Å².